The quantitative estimate of drug-likeness (QED) is 0.884. The molecule has 1 aliphatic rings. The minimum Gasteiger partial charge on any atom is -0.343 e. The van der Waals surface area contributed by atoms with Crippen LogP contribution in [0, 0.1) is 0 Å². The third-order valence-electron chi connectivity index (χ3n) is 4.51. The summed E-state index contributed by atoms with van der Waals surface area (Å²) in [7, 11) is 0. The largest absolute Gasteiger partial charge is 0.416 e. The zero-order valence-electron chi connectivity index (χ0n) is 14.6. The van der Waals surface area contributed by atoms with Gasteiger partial charge in [-0.15, -0.1) is 0 Å². The number of nitrogens with zero attached hydrogens (tertiary/aromatic N) is 1. The fourth-order valence-electron chi connectivity index (χ4n) is 3.05. The number of carbonyl (C=O) groups is 2. The maximum atomic E-state index is 12.9. The summed E-state index contributed by atoms with van der Waals surface area (Å²) in [6, 6.07) is 11.3. The Labute approximate surface area is 155 Å². The number of halogens is 3. The molecule has 1 heterocycles. The Morgan fingerprint density at radius 1 is 0.963 bits per heavy atom. The van der Waals surface area contributed by atoms with Crippen molar-refractivity contribution in [2.45, 2.75) is 19.0 Å². The molecule has 0 saturated carbocycles. The van der Waals surface area contributed by atoms with Gasteiger partial charge in [-0.25, -0.2) is 0 Å². The summed E-state index contributed by atoms with van der Waals surface area (Å²) >= 11 is 0. The van der Waals surface area contributed by atoms with Gasteiger partial charge in [0.15, 0.2) is 0 Å². The number of carbonyl (C=O) groups excluding carboxylic acids is 2. The van der Waals surface area contributed by atoms with Gasteiger partial charge in [-0.1, -0.05) is 24.3 Å². The molecular formula is C20H19F3N2O2. The number of benzene rings is 2. The van der Waals surface area contributed by atoms with Gasteiger partial charge in [0.1, 0.15) is 0 Å². The highest BCUT2D eigenvalue weighted by Gasteiger charge is 2.30. The molecule has 1 N–H and O–H groups in total. The second kappa shape index (κ2) is 7.82. The number of hydrogen-bond donors (Lipinski definition) is 1. The lowest BCUT2D eigenvalue weighted by atomic mass is 10.0. The Morgan fingerprint density at radius 3 is 2.26 bits per heavy atom. The molecule has 1 saturated heterocycles. The number of rotatable bonds is 4. The van der Waals surface area contributed by atoms with Crippen LogP contribution in [0.4, 0.5) is 13.2 Å². The standard InChI is InChI=1S/C20H19F3N2O2/c21-20(22,23)17-8-4-6-15(12-17)14-5-3-7-16(11-14)19(27)24-13-18(26)25-9-1-2-10-25/h3-8,11-12H,1-2,9-10,13H2,(H,24,27). The molecule has 7 heteroatoms. The zero-order chi connectivity index (χ0) is 19.4. The van der Waals surface area contributed by atoms with Crippen LogP contribution >= 0.6 is 0 Å². The highest BCUT2D eigenvalue weighted by molar-refractivity contribution is 5.97. The van der Waals surface area contributed by atoms with Crippen LogP contribution in [0.25, 0.3) is 11.1 Å². The van der Waals surface area contributed by atoms with E-state index in [9.17, 15) is 22.8 Å². The van der Waals surface area contributed by atoms with Crippen LogP contribution in [0.2, 0.25) is 0 Å². The minimum absolute atomic E-state index is 0.0907. The van der Waals surface area contributed by atoms with Gasteiger partial charge in [0.2, 0.25) is 5.91 Å². The average molecular weight is 376 g/mol. The van der Waals surface area contributed by atoms with Crippen molar-refractivity contribution in [2.24, 2.45) is 0 Å². The van der Waals surface area contributed by atoms with E-state index in [1.807, 2.05) is 0 Å². The van der Waals surface area contributed by atoms with E-state index >= 15 is 0 Å². The molecule has 0 spiro atoms. The number of likely N-dealkylation sites (tertiary alicyclic amines) is 1. The maximum Gasteiger partial charge on any atom is 0.416 e. The molecule has 27 heavy (non-hydrogen) atoms. The fraction of sp³-hybridized carbons (Fsp3) is 0.300. The van der Waals surface area contributed by atoms with E-state index in [2.05, 4.69) is 5.32 Å². The summed E-state index contributed by atoms with van der Waals surface area (Å²) in [5.41, 5.74) is 0.414. The van der Waals surface area contributed by atoms with Crippen molar-refractivity contribution in [3.8, 4) is 11.1 Å². The molecule has 142 valence electrons. The lowest BCUT2D eigenvalue weighted by Gasteiger charge is -2.15. The fourth-order valence-corrected chi connectivity index (χ4v) is 3.05. The molecule has 0 aromatic heterocycles. The molecule has 2 aromatic carbocycles. The Hall–Kier alpha value is -2.83. The van der Waals surface area contributed by atoms with Gasteiger partial charge in [-0.3, -0.25) is 9.59 Å². The third-order valence-corrected chi connectivity index (χ3v) is 4.51. The summed E-state index contributed by atoms with van der Waals surface area (Å²) < 4.78 is 38.7. The predicted octanol–water partition coefficient (Wildman–Crippen LogP) is 3.72. The minimum atomic E-state index is -4.43. The van der Waals surface area contributed by atoms with Crippen LogP contribution < -0.4 is 5.32 Å². The number of amides is 2. The van der Waals surface area contributed by atoms with Crippen LogP contribution in [0.5, 0.6) is 0 Å². The van der Waals surface area contributed by atoms with Crippen molar-refractivity contribution in [1.82, 2.24) is 10.2 Å². The maximum absolute atomic E-state index is 12.9. The van der Waals surface area contributed by atoms with Gasteiger partial charge >= 0.3 is 6.18 Å². The van der Waals surface area contributed by atoms with Crippen molar-refractivity contribution in [3.05, 3.63) is 59.7 Å². The van der Waals surface area contributed by atoms with Gasteiger partial charge in [-0.2, -0.15) is 13.2 Å². The zero-order valence-corrected chi connectivity index (χ0v) is 14.6. The van der Waals surface area contributed by atoms with Crippen molar-refractivity contribution < 1.29 is 22.8 Å². The summed E-state index contributed by atoms with van der Waals surface area (Å²) in [5.74, 6) is -0.564. The molecule has 0 bridgehead atoms. The van der Waals surface area contributed by atoms with Crippen LogP contribution in [0.3, 0.4) is 0 Å². The smallest absolute Gasteiger partial charge is 0.343 e. The van der Waals surface area contributed by atoms with E-state index in [1.54, 1.807) is 29.2 Å². The molecule has 1 aliphatic heterocycles. The van der Waals surface area contributed by atoms with Crippen LogP contribution in [0.1, 0.15) is 28.8 Å². The van der Waals surface area contributed by atoms with Crippen molar-refractivity contribution >= 4 is 11.8 Å². The van der Waals surface area contributed by atoms with Crippen LogP contribution in [0.15, 0.2) is 48.5 Å². The summed E-state index contributed by atoms with van der Waals surface area (Å²) in [4.78, 5) is 26.0. The lowest BCUT2D eigenvalue weighted by Crippen LogP contribution is -2.38. The average Bonchev–Trinajstić information content (AvgIpc) is 3.20. The van der Waals surface area contributed by atoms with Crippen molar-refractivity contribution in [3.63, 3.8) is 0 Å². The van der Waals surface area contributed by atoms with E-state index in [-0.39, 0.29) is 12.5 Å². The molecule has 4 nitrogen and oxygen atoms in total. The van der Waals surface area contributed by atoms with Crippen LogP contribution in [-0.4, -0.2) is 36.3 Å². The second-order valence-corrected chi connectivity index (χ2v) is 6.43. The van der Waals surface area contributed by atoms with Crippen LogP contribution in [-0.2, 0) is 11.0 Å². The van der Waals surface area contributed by atoms with Gasteiger partial charge in [0.05, 0.1) is 12.1 Å². The Balaban J connectivity index is 1.71. The SMILES string of the molecule is O=C(NCC(=O)N1CCCC1)c1cccc(-c2cccc(C(F)(F)F)c2)c1. The highest BCUT2D eigenvalue weighted by Crippen LogP contribution is 2.32. The van der Waals surface area contributed by atoms with Gasteiger partial charge < -0.3 is 10.2 Å². The number of hydrogen-bond acceptors (Lipinski definition) is 2. The van der Waals surface area contributed by atoms with E-state index in [4.69, 9.17) is 0 Å². The molecule has 2 amide bonds. The summed E-state index contributed by atoms with van der Waals surface area (Å²) in [6.45, 7) is 1.33. The molecule has 2 aromatic rings. The molecule has 3 rings (SSSR count). The first-order valence-corrected chi connectivity index (χ1v) is 8.68. The lowest BCUT2D eigenvalue weighted by molar-refractivity contribution is -0.137. The Bertz CT molecular complexity index is 843. The topological polar surface area (TPSA) is 49.4 Å². The normalized spacial score (nSPS) is 14.3. The first-order chi connectivity index (χ1) is 12.8. The molecule has 1 fully saturated rings. The van der Waals surface area contributed by atoms with Crippen molar-refractivity contribution in [2.75, 3.05) is 19.6 Å². The third kappa shape index (κ3) is 4.67. The second-order valence-electron chi connectivity index (χ2n) is 6.43. The molecule has 0 aliphatic carbocycles. The van der Waals surface area contributed by atoms with Gasteiger partial charge in [0.25, 0.3) is 5.91 Å². The van der Waals surface area contributed by atoms with Crippen molar-refractivity contribution in [1.29, 1.82) is 0 Å². The Kier molecular flexibility index (Phi) is 5.48. The first kappa shape index (κ1) is 18.9. The monoisotopic (exact) mass is 376 g/mol. The number of nitrogens with one attached hydrogen (secondary N) is 1. The van der Waals surface area contributed by atoms with E-state index < -0.39 is 17.6 Å². The number of alkyl halides is 3. The molecule has 0 atom stereocenters. The Morgan fingerprint density at radius 2 is 1.59 bits per heavy atom. The summed E-state index contributed by atoms with van der Waals surface area (Å²) in [5, 5.41) is 2.58. The summed E-state index contributed by atoms with van der Waals surface area (Å²) in [6.07, 6.45) is -2.49. The first-order valence-electron chi connectivity index (χ1n) is 8.68. The molecule has 0 radical (unpaired) electrons. The van der Waals surface area contributed by atoms with E-state index in [0.29, 0.717) is 29.8 Å². The highest BCUT2D eigenvalue weighted by atomic mass is 19.4. The molecule has 0 unspecified atom stereocenters. The van der Waals surface area contributed by atoms with Gasteiger partial charge in [-0.05, 0) is 48.2 Å². The van der Waals surface area contributed by atoms with Gasteiger partial charge in [0, 0.05) is 18.7 Å². The van der Waals surface area contributed by atoms with E-state index in [1.165, 1.54) is 12.1 Å². The predicted molar refractivity (Wildman–Crippen MR) is 95.0 cm³/mol. The van der Waals surface area contributed by atoms with E-state index in [0.717, 1.165) is 25.0 Å². The molecular weight excluding hydrogens is 357 g/mol.